The highest BCUT2D eigenvalue weighted by Crippen LogP contribution is 2.43. The van der Waals surface area contributed by atoms with Gasteiger partial charge in [-0.25, -0.2) is 0 Å². The topological polar surface area (TPSA) is 49.5 Å². The molecule has 8 aromatic carbocycles. The minimum atomic E-state index is 0.132. The van der Waals surface area contributed by atoms with Crippen LogP contribution in [0, 0.1) is 6.92 Å². The molecule has 0 saturated heterocycles. The number of nitrogen functional groups attached to an aromatic ring is 1. The van der Waals surface area contributed by atoms with Gasteiger partial charge in [-0.05, 0) is 105 Å². The molecule has 0 radical (unpaired) electrons. The molecule has 3 heteroatoms. The highest BCUT2D eigenvalue weighted by Gasteiger charge is 2.18. The lowest BCUT2D eigenvalue weighted by molar-refractivity contribution is 0.484. The summed E-state index contributed by atoms with van der Waals surface area (Å²) in [5.74, 6) is 0.132. The number of phenolic OH excluding ortho intramolecular Hbond substituents is 1. The molecule has 0 aromatic heterocycles. The van der Waals surface area contributed by atoms with Crippen LogP contribution in [0.1, 0.15) is 5.56 Å². The number of phenols is 1. The first-order valence-corrected chi connectivity index (χ1v) is 16.2. The number of aromatic hydroxyl groups is 1. The molecule has 48 heavy (non-hydrogen) atoms. The van der Waals surface area contributed by atoms with Gasteiger partial charge in [-0.2, -0.15) is 0 Å². The molecule has 3 N–H and O–H groups in total. The van der Waals surface area contributed by atoms with Gasteiger partial charge in [0.2, 0.25) is 0 Å². The molecular formula is C45H34N2O. The minimum absolute atomic E-state index is 0.132. The number of benzene rings is 8. The van der Waals surface area contributed by atoms with Crippen molar-refractivity contribution >= 4 is 44.3 Å². The Labute approximate surface area is 280 Å². The highest BCUT2D eigenvalue weighted by molar-refractivity contribution is 6.11. The smallest absolute Gasteiger partial charge is 0.146 e. The van der Waals surface area contributed by atoms with Gasteiger partial charge in [0.1, 0.15) is 5.75 Å². The summed E-state index contributed by atoms with van der Waals surface area (Å²) in [4.78, 5) is 2.36. The second kappa shape index (κ2) is 12.1. The van der Waals surface area contributed by atoms with Crippen LogP contribution in [0.3, 0.4) is 0 Å². The minimum Gasteiger partial charge on any atom is -0.505 e. The van der Waals surface area contributed by atoms with Crippen LogP contribution in [0.2, 0.25) is 0 Å². The van der Waals surface area contributed by atoms with E-state index < -0.39 is 0 Å². The number of nitrogens with zero attached hydrogens (tertiary/aromatic N) is 1. The molecule has 0 amide bonds. The van der Waals surface area contributed by atoms with Crippen molar-refractivity contribution in [1.29, 1.82) is 0 Å². The first kappa shape index (κ1) is 29.1. The van der Waals surface area contributed by atoms with Crippen LogP contribution in [0.15, 0.2) is 170 Å². The van der Waals surface area contributed by atoms with Gasteiger partial charge in [0.15, 0.2) is 0 Å². The average Bonchev–Trinajstić information content (AvgIpc) is 3.14. The maximum atomic E-state index is 10.6. The molecule has 8 aromatic rings. The fraction of sp³-hybridized carbons (Fsp3) is 0.0222. The number of fused-ring (bicyclic) bond motifs is 3. The number of rotatable bonds is 6. The van der Waals surface area contributed by atoms with Crippen molar-refractivity contribution in [2.45, 2.75) is 6.92 Å². The molecule has 0 aliphatic heterocycles. The largest absolute Gasteiger partial charge is 0.505 e. The SMILES string of the molecule is Cc1cc(N(c2ccc(-c3ccc4ccc5c(O)c(N)ccc5c4c3)cc2)c2ccccc2-c2ccccc2)ccc1-c1ccccc1. The third-order valence-electron chi connectivity index (χ3n) is 9.26. The lowest BCUT2D eigenvalue weighted by atomic mass is 9.96. The normalized spacial score (nSPS) is 11.2. The van der Waals surface area contributed by atoms with E-state index in [0.29, 0.717) is 5.69 Å². The summed E-state index contributed by atoms with van der Waals surface area (Å²) in [6.45, 7) is 2.19. The summed E-state index contributed by atoms with van der Waals surface area (Å²) < 4.78 is 0. The van der Waals surface area contributed by atoms with E-state index in [4.69, 9.17) is 5.73 Å². The zero-order chi connectivity index (χ0) is 32.6. The van der Waals surface area contributed by atoms with Crippen LogP contribution in [-0.4, -0.2) is 5.11 Å². The summed E-state index contributed by atoms with van der Waals surface area (Å²) in [6, 6.07) is 59.5. The van der Waals surface area contributed by atoms with E-state index in [9.17, 15) is 5.11 Å². The summed E-state index contributed by atoms with van der Waals surface area (Å²) in [7, 11) is 0. The monoisotopic (exact) mass is 618 g/mol. The molecule has 0 heterocycles. The number of anilines is 4. The molecule has 8 rings (SSSR count). The molecule has 3 nitrogen and oxygen atoms in total. The first-order chi connectivity index (χ1) is 23.5. The highest BCUT2D eigenvalue weighted by atomic mass is 16.3. The van der Waals surface area contributed by atoms with Gasteiger partial charge in [-0.15, -0.1) is 0 Å². The predicted molar refractivity (Wildman–Crippen MR) is 203 cm³/mol. The van der Waals surface area contributed by atoms with E-state index in [2.05, 4.69) is 157 Å². The van der Waals surface area contributed by atoms with Gasteiger partial charge in [0.25, 0.3) is 0 Å². The van der Waals surface area contributed by atoms with Crippen LogP contribution >= 0.6 is 0 Å². The molecule has 0 unspecified atom stereocenters. The van der Waals surface area contributed by atoms with Gasteiger partial charge in [0, 0.05) is 22.3 Å². The molecule has 0 aliphatic rings. The third-order valence-corrected chi connectivity index (χ3v) is 9.26. The average molecular weight is 619 g/mol. The van der Waals surface area contributed by atoms with E-state index >= 15 is 0 Å². The Morgan fingerprint density at radius 2 is 1.06 bits per heavy atom. The molecule has 0 bridgehead atoms. The standard InChI is InChI=1S/C45H34N2O/c1-30-28-37(23-25-38(30)32-10-4-2-5-11-32)47(44-15-9-8-14-39(44)33-12-6-3-7-13-33)36-21-18-31(19-22-36)35-17-16-34-20-24-41-40(42(34)29-35)26-27-43(46)45(41)48/h2-29,48H,46H2,1H3. The van der Waals surface area contributed by atoms with Gasteiger partial charge in [-0.1, -0.05) is 121 Å². The zero-order valence-corrected chi connectivity index (χ0v) is 26.6. The maximum absolute atomic E-state index is 10.6. The van der Waals surface area contributed by atoms with Crippen molar-refractivity contribution in [3.63, 3.8) is 0 Å². The first-order valence-electron chi connectivity index (χ1n) is 16.2. The second-order valence-electron chi connectivity index (χ2n) is 12.2. The molecular weight excluding hydrogens is 585 g/mol. The Kier molecular flexibility index (Phi) is 7.35. The lowest BCUT2D eigenvalue weighted by Gasteiger charge is -2.29. The van der Waals surface area contributed by atoms with Crippen LogP contribution in [0.5, 0.6) is 5.75 Å². The number of aryl methyl sites for hydroxylation is 1. The fourth-order valence-corrected chi connectivity index (χ4v) is 6.81. The van der Waals surface area contributed by atoms with Crippen molar-refractivity contribution in [1.82, 2.24) is 0 Å². The summed E-state index contributed by atoms with van der Waals surface area (Å²) >= 11 is 0. The zero-order valence-electron chi connectivity index (χ0n) is 26.6. The van der Waals surface area contributed by atoms with Crippen LogP contribution in [0.4, 0.5) is 22.7 Å². The molecule has 0 atom stereocenters. The fourth-order valence-electron chi connectivity index (χ4n) is 6.81. The Bertz CT molecular complexity index is 2420. The van der Waals surface area contributed by atoms with Gasteiger partial charge >= 0.3 is 0 Å². The van der Waals surface area contributed by atoms with Crippen molar-refractivity contribution in [2.24, 2.45) is 0 Å². The Morgan fingerprint density at radius 1 is 0.458 bits per heavy atom. The van der Waals surface area contributed by atoms with Crippen molar-refractivity contribution < 1.29 is 5.11 Å². The van der Waals surface area contributed by atoms with Gasteiger partial charge in [-0.3, -0.25) is 0 Å². The Hall–Kier alpha value is -6.32. The van der Waals surface area contributed by atoms with Gasteiger partial charge in [0.05, 0.1) is 11.4 Å². The van der Waals surface area contributed by atoms with Crippen LogP contribution in [0.25, 0.3) is 54.9 Å². The number of hydrogen-bond donors (Lipinski definition) is 2. The molecule has 0 saturated carbocycles. The molecule has 230 valence electrons. The quantitative estimate of drug-likeness (QED) is 0.111. The summed E-state index contributed by atoms with van der Waals surface area (Å²) in [5, 5.41) is 14.6. The number of para-hydroxylation sites is 1. The van der Waals surface area contributed by atoms with E-state index in [1.54, 1.807) is 6.07 Å². The van der Waals surface area contributed by atoms with E-state index in [1.807, 2.05) is 18.2 Å². The Morgan fingerprint density at radius 3 is 1.79 bits per heavy atom. The van der Waals surface area contributed by atoms with Crippen LogP contribution in [-0.2, 0) is 0 Å². The van der Waals surface area contributed by atoms with Crippen molar-refractivity contribution in [2.75, 3.05) is 10.6 Å². The van der Waals surface area contributed by atoms with E-state index in [0.717, 1.165) is 55.3 Å². The molecule has 0 aliphatic carbocycles. The summed E-state index contributed by atoms with van der Waals surface area (Å²) in [5.41, 5.74) is 17.9. The molecule has 0 spiro atoms. The van der Waals surface area contributed by atoms with Crippen molar-refractivity contribution in [3.05, 3.63) is 175 Å². The van der Waals surface area contributed by atoms with Crippen LogP contribution < -0.4 is 10.6 Å². The summed E-state index contributed by atoms with van der Waals surface area (Å²) in [6.07, 6.45) is 0. The van der Waals surface area contributed by atoms with E-state index in [1.165, 1.54) is 22.3 Å². The number of nitrogens with two attached hydrogens (primary N) is 1. The second-order valence-corrected chi connectivity index (χ2v) is 12.2. The maximum Gasteiger partial charge on any atom is 0.146 e. The molecule has 0 fully saturated rings. The number of hydrogen-bond acceptors (Lipinski definition) is 3. The van der Waals surface area contributed by atoms with Gasteiger partial charge < -0.3 is 15.7 Å². The lowest BCUT2D eigenvalue weighted by Crippen LogP contribution is -2.11. The Balaban J connectivity index is 1.24. The van der Waals surface area contributed by atoms with E-state index in [-0.39, 0.29) is 5.75 Å². The third kappa shape index (κ3) is 5.22. The predicted octanol–water partition coefficient (Wildman–Crippen LogP) is 12.1. The van der Waals surface area contributed by atoms with Crippen molar-refractivity contribution in [3.8, 4) is 39.1 Å².